The first-order valence-corrected chi connectivity index (χ1v) is 11.3. The lowest BCUT2D eigenvalue weighted by Gasteiger charge is -2.19. The first kappa shape index (κ1) is 25.2. The van der Waals surface area contributed by atoms with Gasteiger partial charge in [-0.05, 0) is 71.2 Å². The van der Waals surface area contributed by atoms with Gasteiger partial charge in [-0.15, -0.1) is 0 Å². The van der Waals surface area contributed by atoms with Gasteiger partial charge in [0.25, 0.3) is 11.9 Å². The van der Waals surface area contributed by atoms with E-state index in [4.69, 9.17) is 9.47 Å². The zero-order valence-corrected chi connectivity index (χ0v) is 20.6. The zero-order chi connectivity index (χ0) is 24.9. The molecule has 182 valence electrons. The Morgan fingerprint density at radius 1 is 1.24 bits per heavy atom. The van der Waals surface area contributed by atoms with E-state index < -0.39 is 5.60 Å². The second kappa shape index (κ2) is 10.6. The summed E-state index contributed by atoms with van der Waals surface area (Å²) in [6, 6.07) is 7.23. The molecule has 0 saturated heterocycles. The maximum absolute atomic E-state index is 12.8. The number of nitrogens with one attached hydrogen (secondary N) is 1. The highest BCUT2D eigenvalue weighted by Gasteiger charge is 2.20. The molecule has 0 bridgehead atoms. The number of carbonyl (C=O) groups excluding carboxylic acids is 1. The number of rotatable bonds is 10. The molecule has 34 heavy (non-hydrogen) atoms. The Morgan fingerprint density at radius 2 is 2.00 bits per heavy atom. The summed E-state index contributed by atoms with van der Waals surface area (Å²) in [4.78, 5) is 21.8. The fourth-order valence-corrected chi connectivity index (χ4v) is 3.66. The van der Waals surface area contributed by atoms with Gasteiger partial charge in [-0.2, -0.15) is 5.10 Å². The molecule has 0 spiro atoms. The number of methoxy groups -OCH3 is 2. The number of hydrogen-bond donors (Lipinski definition) is 2. The van der Waals surface area contributed by atoms with Gasteiger partial charge in [0, 0.05) is 17.8 Å². The van der Waals surface area contributed by atoms with Crippen molar-refractivity contribution in [2.45, 2.75) is 58.6 Å². The minimum atomic E-state index is -0.703. The monoisotopic (exact) mass is 467 g/mol. The van der Waals surface area contributed by atoms with Crippen molar-refractivity contribution in [1.29, 1.82) is 0 Å². The number of ether oxygens (including phenoxy) is 2. The predicted molar refractivity (Wildman–Crippen MR) is 130 cm³/mol. The van der Waals surface area contributed by atoms with Crippen molar-refractivity contribution < 1.29 is 19.4 Å². The standard InChI is InChI=1S/C25H33N5O4/c1-16(8-7-12-25(3,4)32)28-23(31)20-15-27-30(17(20)2)24-26-13-11-21(29-24)19-14-18(33-5)9-10-22(19)34-6/h9-11,13-16,32H,7-8,12H2,1-6H3,(H,28,31)/t16-/m0/s1. The van der Waals surface area contributed by atoms with E-state index in [1.807, 2.05) is 32.0 Å². The van der Waals surface area contributed by atoms with Gasteiger partial charge in [-0.1, -0.05) is 0 Å². The normalized spacial score (nSPS) is 12.3. The molecule has 0 aliphatic rings. The second-order valence-electron chi connectivity index (χ2n) is 8.94. The highest BCUT2D eigenvalue weighted by atomic mass is 16.5. The van der Waals surface area contributed by atoms with Crippen LogP contribution in [0.1, 0.15) is 56.1 Å². The van der Waals surface area contributed by atoms with Crippen LogP contribution in [-0.2, 0) is 0 Å². The van der Waals surface area contributed by atoms with Crippen LogP contribution in [0.5, 0.6) is 11.5 Å². The van der Waals surface area contributed by atoms with Gasteiger partial charge in [0.2, 0.25) is 0 Å². The first-order valence-electron chi connectivity index (χ1n) is 11.3. The predicted octanol–water partition coefficient (Wildman–Crippen LogP) is 3.71. The summed E-state index contributed by atoms with van der Waals surface area (Å²) in [5.41, 5.74) is 1.79. The Bertz CT molecular complexity index is 1140. The summed E-state index contributed by atoms with van der Waals surface area (Å²) < 4.78 is 12.4. The van der Waals surface area contributed by atoms with Crippen molar-refractivity contribution in [3.05, 3.63) is 47.9 Å². The Morgan fingerprint density at radius 3 is 2.68 bits per heavy atom. The average Bonchev–Trinajstić information content (AvgIpc) is 3.19. The molecule has 2 heterocycles. The molecule has 0 saturated carbocycles. The number of nitrogens with zero attached hydrogens (tertiary/aromatic N) is 4. The molecule has 3 aromatic rings. The van der Waals surface area contributed by atoms with Crippen LogP contribution in [0.25, 0.3) is 17.2 Å². The highest BCUT2D eigenvalue weighted by Crippen LogP contribution is 2.32. The summed E-state index contributed by atoms with van der Waals surface area (Å²) in [7, 11) is 3.20. The maximum atomic E-state index is 12.8. The average molecular weight is 468 g/mol. The van der Waals surface area contributed by atoms with E-state index in [-0.39, 0.29) is 11.9 Å². The quantitative estimate of drug-likeness (QED) is 0.467. The minimum absolute atomic E-state index is 0.0299. The third-order valence-electron chi connectivity index (χ3n) is 5.57. The molecular formula is C25H33N5O4. The zero-order valence-electron chi connectivity index (χ0n) is 20.6. The minimum Gasteiger partial charge on any atom is -0.497 e. The van der Waals surface area contributed by atoms with E-state index in [0.29, 0.717) is 40.8 Å². The van der Waals surface area contributed by atoms with Gasteiger partial charge in [0.15, 0.2) is 0 Å². The first-order chi connectivity index (χ1) is 16.1. The fraction of sp³-hybridized carbons (Fsp3) is 0.440. The molecule has 0 aliphatic heterocycles. The van der Waals surface area contributed by atoms with Crippen LogP contribution < -0.4 is 14.8 Å². The van der Waals surface area contributed by atoms with Crippen LogP contribution in [-0.4, -0.2) is 56.6 Å². The van der Waals surface area contributed by atoms with E-state index in [9.17, 15) is 9.90 Å². The van der Waals surface area contributed by atoms with Crippen molar-refractivity contribution in [3.8, 4) is 28.7 Å². The Labute approximate surface area is 200 Å². The molecule has 2 aromatic heterocycles. The molecule has 0 aliphatic carbocycles. The fourth-order valence-electron chi connectivity index (χ4n) is 3.66. The van der Waals surface area contributed by atoms with Crippen LogP contribution >= 0.6 is 0 Å². The SMILES string of the molecule is COc1ccc(OC)c(-c2ccnc(-n3ncc(C(=O)N[C@@H](C)CCCC(C)(C)O)c3C)n2)c1. The summed E-state index contributed by atoms with van der Waals surface area (Å²) in [6.45, 7) is 7.34. The molecule has 1 aromatic carbocycles. The summed E-state index contributed by atoms with van der Waals surface area (Å²) in [5, 5.41) is 17.2. The van der Waals surface area contributed by atoms with E-state index in [0.717, 1.165) is 18.4 Å². The molecule has 9 heteroatoms. The lowest BCUT2D eigenvalue weighted by atomic mass is 9.99. The maximum Gasteiger partial charge on any atom is 0.254 e. The van der Waals surface area contributed by atoms with Crippen LogP contribution in [0.4, 0.5) is 0 Å². The molecule has 1 amide bonds. The van der Waals surface area contributed by atoms with Crippen LogP contribution in [0.2, 0.25) is 0 Å². The van der Waals surface area contributed by atoms with Gasteiger partial charge in [0.05, 0.1) is 43.0 Å². The van der Waals surface area contributed by atoms with E-state index in [1.54, 1.807) is 45.0 Å². The molecule has 0 fully saturated rings. The van der Waals surface area contributed by atoms with Gasteiger partial charge in [-0.3, -0.25) is 4.79 Å². The third kappa shape index (κ3) is 6.11. The molecule has 0 radical (unpaired) electrons. The lowest BCUT2D eigenvalue weighted by molar-refractivity contribution is 0.0674. The number of amides is 1. The van der Waals surface area contributed by atoms with Crippen molar-refractivity contribution in [3.63, 3.8) is 0 Å². The molecule has 1 atom stereocenters. The van der Waals surface area contributed by atoms with E-state index >= 15 is 0 Å². The van der Waals surface area contributed by atoms with Crippen LogP contribution in [0.3, 0.4) is 0 Å². The van der Waals surface area contributed by atoms with Crippen molar-refractivity contribution in [2.75, 3.05) is 14.2 Å². The van der Waals surface area contributed by atoms with Gasteiger partial charge < -0.3 is 19.9 Å². The topological polar surface area (TPSA) is 111 Å². The van der Waals surface area contributed by atoms with Gasteiger partial charge in [0.1, 0.15) is 11.5 Å². The van der Waals surface area contributed by atoms with E-state index in [2.05, 4.69) is 20.4 Å². The van der Waals surface area contributed by atoms with Crippen molar-refractivity contribution in [1.82, 2.24) is 25.1 Å². The summed E-state index contributed by atoms with van der Waals surface area (Å²) >= 11 is 0. The third-order valence-corrected chi connectivity index (χ3v) is 5.57. The molecule has 3 rings (SSSR count). The number of carbonyl (C=O) groups is 1. The van der Waals surface area contributed by atoms with Gasteiger partial charge >= 0.3 is 0 Å². The highest BCUT2D eigenvalue weighted by molar-refractivity contribution is 5.95. The van der Waals surface area contributed by atoms with Crippen LogP contribution in [0, 0.1) is 6.92 Å². The van der Waals surface area contributed by atoms with Gasteiger partial charge in [-0.25, -0.2) is 14.6 Å². The molecule has 0 unspecified atom stereocenters. The summed E-state index contributed by atoms with van der Waals surface area (Å²) in [6.07, 6.45) is 5.43. The number of hydrogen-bond acceptors (Lipinski definition) is 7. The Kier molecular flexibility index (Phi) is 7.88. The molecule has 9 nitrogen and oxygen atoms in total. The number of aliphatic hydroxyl groups is 1. The Hall–Kier alpha value is -3.46. The number of benzene rings is 1. The Balaban J connectivity index is 1.79. The molecular weight excluding hydrogens is 434 g/mol. The van der Waals surface area contributed by atoms with E-state index in [1.165, 1.54) is 6.20 Å². The smallest absolute Gasteiger partial charge is 0.254 e. The lowest BCUT2D eigenvalue weighted by Crippen LogP contribution is -2.33. The summed E-state index contributed by atoms with van der Waals surface area (Å²) in [5.74, 6) is 1.48. The van der Waals surface area contributed by atoms with Crippen molar-refractivity contribution >= 4 is 5.91 Å². The second-order valence-corrected chi connectivity index (χ2v) is 8.94. The van der Waals surface area contributed by atoms with Crippen LogP contribution in [0.15, 0.2) is 36.7 Å². The molecule has 2 N–H and O–H groups in total. The number of aromatic nitrogens is 4. The largest absolute Gasteiger partial charge is 0.497 e. The van der Waals surface area contributed by atoms with Crippen molar-refractivity contribution in [2.24, 2.45) is 0 Å².